The summed E-state index contributed by atoms with van der Waals surface area (Å²) >= 11 is 0. The molecule has 158 valence electrons. The standard InChI is InChI=1S/C25H22FNO4/c26-23-12-6-1-7-16(23)13-17(24(28)29)14-27-25(30)31-15-22-20-10-4-2-8-18(20)19-9-3-5-11-21(19)22/h1-12,17,22H,13-15H2,(H,27,30)(H,28,29). The number of carboxylic acids is 1. The first kappa shape index (κ1) is 20.6. The summed E-state index contributed by atoms with van der Waals surface area (Å²) in [6.07, 6.45) is -0.715. The Labute approximate surface area is 179 Å². The highest BCUT2D eigenvalue weighted by Crippen LogP contribution is 2.44. The second kappa shape index (κ2) is 9.00. The van der Waals surface area contributed by atoms with E-state index in [4.69, 9.17) is 4.74 Å². The van der Waals surface area contributed by atoms with Gasteiger partial charge < -0.3 is 15.2 Å². The zero-order chi connectivity index (χ0) is 21.8. The van der Waals surface area contributed by atoms with Crippen LogP contribution in [0, 0.1) is 11.7 Å². The van der Waals surface area contributed by atoms with Crippen molar-refractivity contribution in [3.05, 3.63) is 95.3 Å². The summed E-state index contributed by atoms with van der Waals surface area (Å²) in [5.74, 6) is -2.61. The van der Waals surface area contributed by atoms with Crippen LogP contribution in [0.2, 0.25) is 0 Å². The van der Waals surface area contributed by atoms with E-state index in [2.05, 4.69) is 17.4 Å². The molecular weight excluding hydrogens is 397 g/mol. The number of fused-ring (bicyclic) bond motifs is 3. The molecule has 31 heavy (non-hydrogen) atoms. The summed E-state index contributed by atoms with van der Waals surface area (Å²) in [7, 11) is 0. The quantitative estimate of drug-likeness (QED) is 0.587. The molecule has 1 unspecified atom stereocenters. The van der Waals surface area contributed by atoms with E-state index in [0.717, 1.165) is 22.3 Å². The van der Waals surface area contributed by atoms with Gasteiger partial charge in [0.15, 0.2) is 0 Å². The average Bonchev–Trinajstić information content (AvgIpc) is 3.10. The van der Waals surface area contributed by atoms with Crippen LogP contribution in [0.1, 0.15) is 22.6 Å². The fraction of sp³-hybridized carbons (Fsp3) is 0.200. The maximum Gasteiger partial charge on any atom is 0.407 e. The van der Waals surface area contributed by atoms with Crippen molar-refractivity contribution in [3.8, 4) is 11.1 Å². The van der Waals surface area contributed by atoms with Crippen molar-refractivity contribution < 1.29 is 23.8 Å². The van der Waals surface area contributed by atoms with Crippen molar-refractivity contribution in [3.63, 3.8) is 0 Å². The second-order valence-electron chi connectivity index (χ2n) is 7.54. The van der Waals surface area contributed by atoms with Crippen molar-refractivity contribution >= 4 is 12.1 Å². The number of amides is 1. The Morgan fingerprint density at radius 2 is 1.52 bits per heavy atom. The van der Waals surface area contributed by atoms with Crippen LogP contribution in [0.5, 0.6) is 0 Å². The number of alkyl carbamates (subject to hydrolysis) is 1. The highest BCUT2D eigenvalue weighted by Gasteiger charge is 2.29. The summed E-state index contributed by atoms with van der Waals surface area (Å²) in [5.41, 5.74) is 4.74. The van der Waals surface area contributed by atoms with Gasteiger partial charge in [-0.1, -0.05) is 66.7 Å². The molecule has 1 amide bonds. The number of hydrogen-bond acceptors (Lipinski definition) is 3. The van der Waals surface area contributed by atoms with E-state index in [1.165, 1.54) is 6.07 Å². The van der Waals surface area contributed by atoms with E-state index in [9.17, 15) is 19.1 Å². The Hall–Kier alpha value is -3.67. The molecule has 5 nitrogen and oxygen atoms in total. The first-order valence-electron chi connectivity index (χ1n) is 10.1. The second-order valence-corrected chi connectivity index (χ2v) is 7.54. The van der Waals surface area contributed by atoms with Gasteiger partial charge in [-0.2, -0.15) is 0 Å². The van der Waals surface area contributed by atoms with Gasteiger partial charge in [0, 0.05) is 12.5 Å². The van der Waals surface area contributed by atoms with Gasteiger partial charge >= 0.3 is 12.1 Å². The molecule has 0 aromatic heterocycles. The van der Waals surface area contributed by atoms with Crippen molar-refractivity contribution in [2.45, 2.75) is 12.3 Å². The number of halogens is 1. The molecular formula is C25H22FNO4. The van der Waals surface area contributed by atoms with Crippen LogP contribution >= 0.6 is 0 Å². The fourth-order valence-electron chi connectivity index (χ4n) is 4.03. The van der Waals surface area contributed by atoms with Gasteiger partial charge in [-0.25, -0.2) is 9.18 Å². The molecule has 6 heteroatoms. The normalized spacial score (nSPS) is 13.2. The van der Waals surface area contributed by atoms with Crippen LogP contribution in [0.3, 0.4) is 0 Å². The van der Waals surface area contributed by atoms with Crippen LogP contribution in [-0.2, 0) is 16.0 Å². The summed E-state index contributed by atoms with van der Waals surface area (Å²) in [5, 5.41) is 12.0. The number of benzene rings is 3. The number of hydrogen-bond donors (Lipinski definition) is 2. The van der Waals surface area contributed by atoms with Gasteiger partial charge in [0.2, 0.25) is 0 Å². The number of ether oxygens (including phenoxy) is 1. The van der Waals surface area contributed by atoms with Gasteiger partial charge in [0.1, 0.15) is 12.4 Å². The molecule has 2 N–H and O–H groups in total. The monoisotopic (exact) mass is 419 g/mol. The SMILES string of the molecule is O=C(NCC(Cc1ccccc1F)C(=O)O)OCC1c2ccccc2-c2ccccc21. The Morgan fingerprint density at radius 3 is 2.13 bits per heavy atom. The third kappa shape index (κ3) is 4.43. The van der Waals surface area contributed by atoms with Crippen LogP contribution < -0.4 is 5.32 Å². The smallest absolute Gasteiger partial charge is 0.407 e. The number of aliphatic carboxylic acids is 1. The van der Waals surface area contributed by atoms with E-state index < -0.39 is 23.8 Å². The molecule has 0 spiro atoms. The van der Waals surface area contributed by atoms with E-state index in [1.807, 2.05) is 36.4 Å². The number of carboxylic acid groups (broad SMARTS) is 1. The number of carbonyl (C=O) groups excluding carboxylic acids is 1. The zero-order valence-electron chi connectivity index (χ0n) is 16.8. The van der Waals surface area contributed by atoms with Crippen LogP contribution in [0.15, 0.2) is 72.8 Å². The fourth-order valence-corrected chi connectivity index (χ4v) is 4.03. The molecule has 0 radical (unpaired) electrons. The Bertz CT molecular complexity index is 1070. The lowest BCUT2D eigenvalue weighted by atomic mass is 9.98. The molecule has 1 aliphatic rings. The molecule has 0 saturated carbocycles. The number of rotatable bonds is 7. The van der Waals surface area contributed by atoms with Crippen molar-refractivity contribution in [1.29, 1.82) is 0 Å². The predicted molar refractivity (Wildman–Crippen MR) is 114 cm³/mol. The minimum Gasteiger partial charge on any atom is -0.481 e. The van der Waals surface area contributed by atoms with E-state index >= 15 is 0 Å². The number of carbonyl (C=O) groups is 2. The van der Waals surface area contributed by atoms with Gasteiger partial charge in [-0.05, 0) is 40.3 Å². The maximum absolute atomic E-state index is 13.8. The van der Waals surface area contributed by atoms with E-state index in [-0.39, 0.29) is 25.5 Å². The predicted octanol–water partition coefficient (Wildman–Crippen LogP) is 4.61. The minimum atomic E-state index is -1.11. The molecule has 0 fully saturated rings. The summed E-state index contributed by atoms with van der Waals surface area (Å²) < 4.78 is 19.3. The Kier molecular flexibility index (Phi) is 5.98. The van der Waals surface area contributed by atoms with Crippen LogP contribution in [0.4, 0.5) is 9.18 Å². The summed E-state index contributed by atoms with van der Waals surface area (Å²) in [4.78, 5) is 23.8. The van der Waals surface area contributed by atoms with Crippen molar-refractivity contribution in [2.24, 2.45) is 5.92 Å². The summed E-state index contributed by atoms with van der Waals surface area (Å²) in [6.45, 7) is -0.00868. The third-order valence-electron chi connectivity index (χ3n) is 5.61. The first-order valence-corrected chi connectivity index (χ1v) is 10.1. The van der Waals surface area contributed by atoms with Gasteiger partial charge in [-0.15, -0.1) is 0 Å². The Morgan fingerprint density at radius 1 is 0.935 bits per heavy atom. The third-order valence-corrected chi connectivity index (χ3v) is 5.61. The molecule has 0 bridgehead atoms. The van der Waals surface area contributed by atoms with Crippen LogP contribution in [-0.4, -0.2) is 30.3 Å². The van der Waals surface area contributed by atoms with E-state index in [1.54, 1.807) is 18.2 Å². The molecule has 4 rings (SSSR count). The molecule has 0 heterocycles. The zero-order valence-corrected chi connectivity index (χ0v) is 16.8. The van der Waals surface area contributed by atoms with Crippen LogP contribution in [0.25, 0.3) is 11.1 Å². The highest BCUT2D eigenvalue weighted by molar-refractivity contribution is 5.79. The maximum atomic E-state index is 13.8. The topological polar surface area (TPSA) is 75.6 Å². The highest BCUT2D eigenvalue weighted by atomic mass is 19.1. The molecule has 0 saturated heterocycles. The van der Waals surface area contributed by atoms with Gasteiger partial charge in [-0.3, -0.25) is 4.79 Å². The minimum absolute atomic E-state index is 0.0222. The van der Waals surface area contributed by atoms with Gasteiger partial charge in [0.25, 0.3) is 0 Å². The Balaban J connectivity index is 1.37. The van der Waals surface area contributed by atoms with Crippen molar-refractivity contribution in [2.75, 3.05) is 13.2 Å². The van der Waals surface area contributed by atoms with Crippen molar-refractivity contribution in [1.82, 2.24) is 5.32 Å². The first-order chi connectivity index (χ1) is 15.0. The molecule has 1 aliphatic carbocycles. The van der Waals surface area contributed by atoms with E-state index in [0.29, 0.717) is 5.56 Å². The largest absolute Gasteiger partial charge is 0.481 e. The molecule has 3 aromatic rings. The van der Waals surface area contributed by atoms with Gasteiger partial charge in [0.05, 0.1) is 5.92 Å². The molecule has 0 aliphatic heterocycles. The molecule has 1 atom stereocenters. The summed E-state index contributed by atoms with van der Waals surface area (Å²) in [6, 6.07) is 22.0. The lowest BCUT2D eigenvalue weighted by molar-refractivity contribution is -0.141. The average molecular weight is 419 g/mol. The lowest BCUT2D eigenvalue weighted by Gasteiger charge is -2.16. The lowest BCUT2D eigenvalue weighted by Crippen LogP contribution is -2.35. The molecule has 3 aromatic carbocycles. The number of nitrogens with one attached hydrogen (secondary N) is 1.